The minimum atomic E-state index is -2.49. The van der Waals surface area contributed by atoms with Crippen LogP contribution in [-0.2, 0) is 42.9 Å². The summed E-state index contributed by atoms with van der Waals surface area (Å²) in [5.41, 5.74) is 2.14. The van der Waals surface area contributed by atoms with Crippen molar-refractivity contribution in [3.05, 3.63) is 71.4 Å². The molecule has 2 saturated heterocycles. The van der Waals surface area contributed by atoms with Crippen LogP contribution in [0, 0.1) is 35.5 Å². The zero-order valence-electron chi connectivity index (χ0n) is 45.3. The van der Waals surface area contributed by atoms with Crippen LogP contribution in [0.4, 0.5) is 0 Å². The number of aliphatic hydroxyl groups excluding tert-OH is 2. The maximum Gasteiger partial charge on any atom is 0.329 e. The Balaban J connectivity index is 1.53. The van der Waals surface area contributed by atoms with Gasteiger partial charge in [-0.05, 0) is 114 Å². The predicted octanol–water partition coefficient (Wildman–Crippen LogP) is 7.97. The van der Waals surface area contributed by atoms with Gasteiger partial charge in [-0.25, -0.2) is 4.79 Å². The summed E-state index contributed by atoms with van der Waals surface area (Å²) >= 11 is 0. The minimum Gasteiger partial charge on any atom is -0.497 e. The summed E-state index contributed by atoms with van der Waals surface area (Å²) in [7, 11) is 6.10. The molecule has 15 heteroatoms. The van der Waals surface area contributed by atoms with Crippen LogP contribution in [0.2, 0.25) is 0 Å². The monoisotopic (exact) mass is 1020 g/mol. The molecule has 406 valence electrons. The minimum absolute atomic E-state index is 0.0135. The van der Waals surface area contributed by atoms with E-state index in [-0.39, 0.29) is 60.7 Å². The lowest BCUT2D eigenvalue weighted by Crippen LogP contribution is -2.60. The number of benzene rings is 1. The Kier molecular flexibility index (Phi) is 22.2. The Labute approximate surface area is 433 Å². The Morgan fingerprint density at radius 3 is 2.26 bits per heavy atom. The van der Waals surface area contributed by atoms with E-state index in [4.69, 9.17) is 28.4 Å². The fourth-order valence-electron chi connectivity index (χ4n) is 11.3. The number of methoxy groups -OCH3 is 4. The Bertz CT molecular complexity index is 2180. The molecule has 73 heavy (non-hydrogen) atoms. The maximum absolute atomic E-state index is 14.6. The summed E-state index contributed by atoms with van der Waals surface area (Å²) in [6.07, 6.45) is 11.4. The summed E-state index contributed by atoms with van der Waals surface area (Å²) < 4.78 is 35.3. The molecule has 0 unspecified atom stereocenters. The number of Topliss-reactive ketones (excluding diaryl/α,β-unsaturated/α-hetero) is 3. The number of fused-ring (bicyclic) bond motifs is 3. The molecule has 5 rings (SSSR count). The quantitative estimate of drug-likeness (QED) is 0.128. The van der Waals surface area contributed by atoms with E-state index in [2.05, 4.69) is 0 Å². The molecule has 3 N–H and O–H groups in total. The smallest absolute Gasteiger partial charge is 0.329 e. The highest BCUT2D eigenvalue weighted by Crippen LogP contribution is 2.43. The number of cyclic esters (lactones) is 1. The normalized spacial score (nSPS) is 37.2. The molecular formula is C58H85NO14. The number of allylic oxidation sites excluding steroid dienone is 7. The van der Waals surface area contributed by atoms with Crippen molar-refractivity contribution < 1.29 is 67.7 Å². The summed E-state index contributed by atoms with van der Waals surface area (Å²) in [6.45, 7) is 12.8. The molecule has 0 radical (unpaired) electrons. The van der Waals surface area contributed by atoms with Crippen molar-refractivity contribution in [2.45, 2.75) is 180 Å². The lowest BCUT2D eigenvalue weighted by atomic mass is 9.78. The Morgan fingerprint density at radius 2 is 1.58 bits per heavy atom. The Morgan fingerprint density at radius 1 is 0.836 bits per heavy atom. The zero-order chi connectivity index (χ0) is 53.7. The first-order valence-corrected chi connectivity index (χ1v) is 26.5. The average Bonchev–Trinajstić information content (AvgIpc) is 3.38. The van der Waals surface area contributed by atoms with Crippen molar-refractivity contribution in [2.75, 3.05) is 35.0 Å². The number of piperidine rings is 1. The van der Waals surface area contributed by atoms with Crippen LogP contribution >= 0.6 is 0 Å². The fourth-order valence-corrected chi connectivity index (χ4v) is 11.3. The van der Waals surface area contributed by atoms with Gasteiger partial charge in [0.1, 0.15) is 41.6 Å². The molecular weight excluding hydrogens is 935 g/mol. The van der Waals surface area contributed by atoms with Crippen LogP contribution in [0.5, 0.6) is 11.5 Å². The van der Waals surface area contributed by atoms with Gasteiger partial charge in [-0.3, -0.25) is 19.2 Å². The molecule has 0 aromatic heterocycles. The standard InChI is InChI=1S/C58H85NO14/c1-34-17-13-12-14-18-35(2)45(44-24-23-42(68-8)32-50(44)69-9)31-43-22-20-40(7)58(67,73-43)55(64)56(65)59-26-16-15-19-46(59)57(66)72-49(37(4)29-41-21-25-47(60)51(30-41)70-10)33-48(61)36(3)28-39(6)53(63)54(71-11)52(62)38(5)27-34/h12-14,17-18,23-24,28,32,34,36-38,40-41,43,45-47,49,51,53-54,60,63,67H,15-16,19-22,25-27,29-31,33H2,1-11H3/b14-12+,17-13+,35-18+,39-28+/t34-,36-,37-,38-,40-,41+,43+,45-,46+,47-,49+,51-,53+,54+,58-/m1/s1. The second kappa shape index (κ2) is 27.3. The van der Waals surface area contributed by atoms with E-state index in [1.807, 2.05) is 70.2 Å². The van der Waals surface area contributed by atoms with Gasteiger partial charge in [0.05, 0.1) is 32.5 Å². The largest absolute Gasteiger partial charge is 0.497 e. The third-order valence-corrected chi connectivity index (χ3v) is 16.1. The molecule has 1 aromatic rings. The Hall–Kier alpha value is -4.51. The number of amides is 1. The summed E-state index contributed by atoms with van der Waals surface area (Å²) in [4.78, 5) is 72.9. The van der Waals surface area contributed by atoms with E-state index >= 15 is 0 Å². The fraction of sp³-hybridized carbons (Fsp3) is 0.672. The molecule has 3 aliphatic heterocycles. The molecule has 15 nitrogen and oxygen atoms in total. The summed E-state index contributed by atoms with van der Waals surface area (Å²) in [6, 6.07) is 4.39. The van der Waals surface area contributed by atoms with E-state index in [0.717, 1.165) is 11.1 Å². The van der Waals surface area contributed by atoms with E-state index in [1.54, 1.807) is 54.2 Å². The van der Waals surface area contributed by atoms with E-state index < -0.39 is 77.8 Å². The lowest BCUT2D eigenvalue weighted by molar-refractivity contribution is -0.264. The number of ether oxygens (including phenoxy) is 6. The van der Waals surface area contributed by atoms with Gasteiger partial charge in [-0.2, -0.15) is 0 Å². The van der Waals surface area contributed by atoms with Gasteiger partial charge in [0.25, 0.3) is 11.7 Å². The van der Waals surface area contributed by atoms with Gasteiger partial charge in [0.15, 0.2) is 5.78 Å². The number of aliphatic hydroxyl groups is 3. The molecule has 1 aromatic carbocycles. The van der Waals surface area contributed by atoms with Crippen LogP contribution in [-0.4, -0.2) is 133 Å². The lowest BCUT2D eigenvalue weighted by Gasteiger charge is -2.43. The predicted molar refractivity (Wildman–Crippen MR) is 277 cm³/mol. The van der Waals surface area contributed by atoms with Crippen LogP contribution < -0.4 is 9.47 Å². The van der Waals surface area contributed by atoms with Crippen molar-refractivity contribution in [1.82, 2.24) is 4.90 Å². The number of hydrogen-bond acceptors (Lipinski definition) is 14. The second-order valence-corrected chi connectivity index (χ2v) is 21.5. The number of nitrogens with zero attached hydrogens (tertiary/aromatic N) is 1. The van der Waals surface area contributed by atoms with Gasteiger partial charge in [-0.15, -0.1) is 0 Å². The van der Waals surface area contributed by atoms with Crippen molar-refractivity contribution in [1.29, 1.82) is 0 Å². The van der Waals surface area contributed by atoms with E-state index in [1.165, 1.54) is 12.0 Å². The highest BCUT2D eigenvalue weighted by Gasteiger charge is 2.53. The van der Waals surface area contributed by atoms with Crippen LogP contribution in [0.15, 0.2) is 65.8 Å². The second-order valence-electron chi connectivity index (χ2n) is 21.5. The molecule has 3 heterocycles. The molecule has 1 aliphatic carbocycles. The van der Waals surface area contributed by atoms with Crippen LogP contribution in [0.1, 0.15) is 137 Å². The maximum atomic E-state index is 14.6. The van der Waals surface area contributed by atoms with Crippen LogP contribution in [0.3, 0.4) is 0 Å². The molecule has 2 bridgehead atoms. The number of rotatable bonds is 8. The molecule has 4 aliphatic rings. The number of ketones is 3. The van der Waals surface area contributed by atoms with Crippen molar-refractivity contribution in [2.24, 2.45) is 35.5 Å². The topological polar surface area (TPSA) is 205 Å². The van der Waals surface area contributed by atoms with E-state index in [0.29, 0.717) is 81.3 Å². The number of esters is 1. The average molecular weight is 1020 g/mol. The zero-order valence-corrected chi connectivity index (χ0v) is 45.3. The molecule has 0 spiro atoms. The molecule has 3 fully saturated rings. The number of carbonyl (C=O) groups excluding carboxylic acids is 5. The first-order valence-electron chi connectivity index (χ1n) is 26.5. The third-order valence-electron chi connectivity index (χ3n) is 16.1. The van der Waals surface area contributed by atoms with Crippen LogP contribution in [0.25, 0.3) is 0 Å². The molecule has 1 amide bonds. The van der Waals surface area contributed by atoms with Crippen molar-refractivity contribution >= 4 is 29.2 Å². The van der Waals surface area contributed by atoms with Gasteiger partial charge in [0, 0.05) is 62.5 Å². The summed E-state index contributed by atoms with van der Waals surface area (Å²) in [5.74, 6) is -7.37. The van der Waals surface area contributed by atoms with E-state index in [9.17, 15) is 39.3 Å². The highest BCUT2D eigenvalue weighted by molar-refractivity contribution is 6.39. The van der Waals surface area contributed by atoms with Gasteiger partial charge in [-0.1, -0.05) is 82.7 Å². The number of hydrogen-bond donors (Lipinski definition) is 3. The van der Waals surface area contributed by atoms with Gasteiger partial charge >= 0.3 is 5.97 Å². The van der Waals surface area contributed by atoms with Crippen molar-refractivity contribution in [3.8, 4) is 11.5 Å². The SMILES string of the molecule is COc1ccc([C@@H]2C[C@@H]3CC[C@@H](C)[C@@](O)(O3)C(=O)C(=O)N3CCCC[C@H]3C(=O)O[C@H]([C@H](C)C[C@@H]3CC[C@@H](O)[C@H](OC)C3)CC(=O)[C@H](C)/C=C(\C)[C@H](O)[C@@H](OC)C(=O)[C@H](C)C[C@H](C)/C=C/C=C/C=C/2C)c(OC)c1. The van der Waals surface area contributed by atoms with Gasteiger partial charge in [0.2, 0.25) is 5.79 Å². The number of carbonyl (C=O) groups is 5. The third kappa shape index (κ3) is 15.1. The summed E-state index contributed by atoms with van der Waals surface area (Å²) in [5, 5.41) is 34.4. The van der Waals surface area contributed by atoms with Crippen molar-refractivity contribution in [3.63, 3.8) is 0 Å². The molecule has 15 atom stereocenters. The first-order chi connectivity index (χ1) is 34.7. The first kappa shape index (κ1) is 59.4. The van der Waals surface area contributed by atoms with Gasteiger partial charge < -0.3 is 48.6 Å². The highest BCUT2D eigenvalue weighted by atomic mass is 16.6. The molecule has 1 saturated carbocycles.